The summed E-state index contributed by atoms with van der Waals surface area (Å²) in [4.78, 5) is 18.7. The van der Waals surface area contributed by atoms with Crippen LogP contribution in [0.15, 0.2) is 36.7 Å². The number of imidazole rings is 1. The first-order valence-corrected chi connectivity index (χ1v) is 9.13. The lowest BCUT2D eigenvalue weighted by molar-refractivity contribution is -0.134. The number of hydrogen-bond donors (Lipinski definition) is 0. The van der Waals surface area contributed by atoms with E-state index < -0.39 is 0 Å². The molecule has 1 saturated heterocycles. The molecule has 0 bridgehead atoms. The van der Waals surface area contributed by atoms with E-state index in [9.17, 15) is 4.79 Å². The number of benzene rings is 1. The summed E-state index contributed by atoms with van der Waals surface area (Å²) in [5.41, 5.74) is 1.06. The van der Waals surface area contributed by atoms with Crippen molar-refractivity contribution < 1.29 is 9.53 Å². The van der Waals surface area contributed by atoms with Gasteiger partial charge in [-0.25, -0.2) is 4.98 Å². The van der Waals surface area contributed by atoms with Crippen LogP contribution in [0.25, 0.3) is 0 Å². The number of ether oxygens (including phenoxy) is 1. The van der Waals surface area contributed by atoms with Crippen molar-refractivity contribution in [3.63, 3.8) is 0 Å². The molecule has 1 aromatic carbocycles. The molecule has 2 heterocycles. The van der Waals surface area contributed by atoms with Gasteiger partial charge in [0.05, 0.1) is 0 Å². The van der Waals surface area contributed by atoms with Crippen molar-refractivity contribution in [2.24, 2.45) is 5.92 Å². The Hall–Kier alpha value is -2.30. The van der Waals surface area contributed by atoms with Crippen molar-refractivity contribution in [2.75, 3.05) is 19.7 Å². The fourth-order valence-electron chi connectivity index (χ4n) is 3.41. The summed E-state index contributed by atoms with van der Waals surface area (Å²) >= 11 is 0. The molecule has 3 rings (SSSR count). The maximum atomic E-state index is 12.4. The second-order valence-electron chi connectivity index (χ2n) is 6.73. The van der Waals surface area contributed by atoms with Gasteiger partial charge in [0.2, 0.25) is 0 Å². The molecule has 0 N–H and O–H groups in total. The van der Waals surface area contributed by atoms with E-state index >= 15 is 0 Å². The SMILES string of the molecule is CCc1nccn1CC1CCN(C(=O)COc2ccccc2C)CC1. The second kappa shape index (κ2) is 8.19. The molecule has 0 radical (unpaired) electrons. The van der Waals surface area contributed by atoms with Crippen molar-refractivity contribution in [3.8, 4) is 5.75 Å². The Bertz CT molecular complexity index is 702. The van der Waals surface area contributed by atoms with E-state index in [0.29, 0.717) is 5.92 Å². The summed E-state index contributed by atoms with van der Waals surface area (Å²) in [6.07, 6.45) is 6.97. The zero-order valence-electron chi connectivity index (χ0n) is 15.1. The summed E-state index contributed by atoms with van der Waals surface area (Å²) in [6, 6.07) is 7.80. The van der Waals surface area contributed by atoms with Gasteiger partial charge in [-0.3, -0.25) is 4.79 Å². The molecule has 1 fully saturated rings. The highest BCUT2D eigenvalue weighted by atomic mass is 16.5. The Kier molecular flexibility index (Phi) is 5.74. The highest BCUT2D eigenvalue weighted by Crippen LogP contribution is 2.21. The molecule has 1 aliphatic heterocycles. The lowest BCUT2D eigenvalue weighted by Crippen LogP contribution is -2.41. The Morgan fingerprint density at radius 1 is 1.28 bits per heavy atom. The average Bonchev–Trinajstić information content (AvgIpc) is 3.08. The monoisotopic (exact) mass is 341 g/mol. The van der Waals surface area contributed by atoms with Crippen LogP contribution in [0.5, 0.6) is 5.75 Å². The molecule has 5 nitrogen and oxygen atoms in total. The first-order valence-electron chi connectivity index (χ1n) is 9.13. The van der Waals surface area contributed by atoms with Gasteiger partial charge in [0, 0.05) is 38.4 Å². The third kappa shape index (κ3) is 4.41. The normalized spacial score (nSPS) is 15.4. The summed E-state index contributed by atoms with van der Waals surface area (Å²) in [5.74, 6) is 2.63. The van der Waals surface area contributed by atoms with Gasteiger partial charge in [-0.1, -0.05) is 25.1 Å². The van der Waals surface area contributed by atoms with E-state index in [1.807, 2.05) is 42.3 Å². The molecule has 134 valence electrons. The number of likely N-dealkylation sites (tertiary alicyclic amines) is 1. The fraction of sp³-hybridized carbons (Fsp3) is 0.500. The van der Waals surface area contributed by atoms with Crippen LogP contribution in [0.3, 0.4) is 0 Å². The van der Waals surface area contributed by atoms with Crippen LogP contribution in [0.1, 0.15) is 31.2 Å². The smallest absolute Gasteiger partial charge is 0.260 e. The summed E-state index contributed by atoms with van der Waals surface area (Å²) in [6.45, 7) is 6.88. The number of hydrogen-bond acceptors (Lipinski definition) is 3. The molecule has 2 aromatic rings. The zero-order chi connectivity index (χ0) is 17.6. The minimum Gasteiger partial charge on any atom is -0.484 e. The van der Waals surface area contributed by atoms with Gasteiger partial charge in [-0.05, 0) is 37.3 Å². The van der Waals surface area contributed by atoms with Crippen LogP contribution >= 0.6 is 0 Å². The molecule has 0 aliphatic carbocycles. The number of nitrogens with zero attached hydrogens (tertiary/aromatic N) is 3. The van der Waals surface area contributed by atoms with Gasteiger partial charge in [-0.15, -0.1) is 0 Å². The van der Waals surface area contributed by atoms with Gasteiger partial charge in [0.1, 0.15) is 11.6 Å². The van der Waals surface area contributed by atoms with Crippen LogP contribution in [0.2, 0.25) is 0 Å². The van der Waals surface area contributed by atoms with Crippen molar-refractivity contribution >= 4 is 5.91 Å². The number of rotatable bonds is 6. The lowest BCUT2D eigenvalue weighted by Gasteiger charge is -2.32. The average molecular weight is 341 g/mol. The first kappa shape index (κ1) is 17.5. The molecule has 5 heteroatoms. The van der Waals surface area contributed by atoms with Crippen molar-refractivity contribution in [3.05, 3.63) is 48.0 Å². The van der Waals surface area contributed by atoms with Crippen LogP contribution in [-0.2, 0) is 17.8 Å². The molecular weight excluding hydrogens is 314 g/mol. The van der Waals surface area contributed by atoms with Gasteiger partial charge in [0.25, 0.3) is 5.91 Å². The van der Waals surface area contributed by atoms with E-state index in [1.54, 1.807) is 0 Å². The number of piperidine rings is 1. The van der Waals surface area contributed by atoms with E-state index in [0.717, 1.165) is 56.0 Å². The number of aromatic nitrogens is 2. The quantitative estimate of drug-likeness (QED) is 0.811. The molecule has 0 saturated carbocycles. The van der Waals surface area contributed by atoms with Crippen molar-refractivity contribution in [1.82, 2.24) is 14.5 Å². The van der Waals surface area contributed by atoms with Crippen molar-refractivity contribution in [1.29, 1.82) is 0 Å². The molecule has 1 aromatic heterocycles. The third-order valence-corrected chi connectivity index (χ3v) is 4.98. The van der Waals surface area contributed by atoms with Crippen molar-refractivity contribution in [2.45, 2.75) is 39.7 Å². The van der Waals surface area contributed by atoms with Gasteiger partial charge in [0.15, 0.2) is 6.61 Å². The molecule has 25 heavy (non-hydrogen) atoms. The van der Waals surface area contributed by atoms with E-state index in [1.165, 1.54) is 0 Å². The topological polar surface area (TPSA) is 47.4 Å². The maximum Gasteiger partial charge on any atom is 0.260 e. The Morgan fingerprint density at radius 2 is 2.04 bits per heavy atom. The van der Waals surface area contributed by atoms with Crippen LogP contribution < -0.4 is 4.74 Å². The van der Waals surface area contributed by atoms with Crippen LogP contribution in [0.4, 0.5) is 0 Å². The highest BCUT2D eigenvalue weighted by molar-refractivity contribution is 5.77. The predicted octanol–water partition coefficient (Wildman–Crippen LogP) is 3.07. The predicted molar refractivity (Wildman–Crippen MR) is 97.6 cm³/mol. The number of carbonyl (C=O) groups excluding carboxylic acids is 1. The summed E-state index contributed by atoms with van der Waals surface area (Å²) in [5, 5.41) is 0. The molecule has 0 unspecified atom stereocenters. The second-order valence-corrected chi connectivity index (χ2v) is 6.73. The van der Waals surface area contributed by atoms with E-state index in [2.05, 4.69) is 22.7 Å². The third-order valence-electron chi connectivity index (χ3n) is 4.98. The standard InChI is InChI=1S/C20H27N3O2/c1-3-19-21-10-13-23(19)14-17-8-11-22(12-9-17)20(24)15-25-18-7-5-4-6-16(18)2/h4-7,10,13,17H,3,8-9,11-12,14-15H2,1-2H3. The Labute approximate surface area is 149 Å². The van der Waals surface area contributed by atoms with Gasteiger partial charge >= 0.3 is 0 Å². The molecule has 1 amide bonds. The van der Waals surface area contributed by atoms with Gasteiger partial charge < -0.3 is 14.2 Å². The maximum absolute atomic E-state index is 12.4. The minimum atomic E-state index is 0.0820. The highest BCUT2D eigenvalue weighted by Gasteiger charge is 2.23. The number of amides is 1. The largest absolute Gasteiger partial charge is 0.484 e. The number of carbonyl (C=O) groups is 1. The van der Waals surface area contributed by atoms with Gasteiger partial charge in [-0.2, -0.15) is 0 Å². The molecule has 1 aliphatic rings. The van der Waals surface area contributed by atoms with E-state index in [4.69, 9.17) is 4.74 Å². The first-order chi connectivity index (χ1) is 12.2. The molecule has 0 spiro atoms. The summed E-state index contributed by atoms with van der Waals surface area (Å²) < 4.78 is 7.94. The van der Waals surface area contributed by atoms with Crippen LogP contribution in [0, 0.1) is 12.8 Å². The zero-order valence-corrected chi connectivity index (χ0v) is 15.1. The summed E-state index contributed by atoms with van der Waals surface area (Å²) in [7, 11) is 0. The fourth-order valence-corrected chi connectivity index (χ4v) is 3.41. The lowest BCUT2D eigenvalue weighted by atomic mass is 9.96. The number of aryl methyl sites for hydroxylation is 2. The van der Waals surface area contributed by atoms with E-state index in [-0.39, 0.29) is 12.5 Å². The Balaban J connectivity index is 1.45. The number of para-hydroxylation sites is 1. The molecular formula is C20H27N3O2. The minimum absolute atomic E-state index is 0.0820. The molecule has 0 atom stereocenters. The van der Waals surface area contributed by atoms with Crippen LogP contribution in [-0.4, -0.2) is 40.1 Å². The Morgan fingerprint density at radius 3 is 2.76 bits per heavy atom.